The highest BCUT2D eigenvalue weighted by Crippen LogP contribution is 2.27. The van der Waals surface area contributed by atoms with Crippen molar-refractivity contribution >= 4 is 17.5 Å². The van der Waals surface area contributed by atoms with Gasteiger partial charge in [0.15, 0.2) is 0 Å². The second-order valence-corrected chi connectivity index (χ2v) is 5.69. The average Bonchev–Trinajstić information content (AvgIpc) is 3.19. The second-order valence-electron chi connectivity index (χ2n) is 5.69. The second kappa shape index (κ2) is 7.95. The lowest BCUT2D eigenvalue weighted by molar-refractivity contribution is -0.141. The van der Waals surface area contributed by atoms with Crippen LogP contribution in [-0.4, -0.2) is 16.8 Å². The van der Waals surface area contributed by atoms with E-state index in [1.165, 1.54) is 18.4 Å². The predicted molar refractivity (Wildman–Crippen MR) is 93.5 cm³/mol. The summed E-state index contributed by atoms with van der Waals surface area (Å²) in [4.78, 5) is 28.0. The van der Waals surface area contributed by atoms with Gasteiger partial charge in [-0.1, -0.05) is 12.1 Å². The molecule has 144 valence electrons. The fourth-order valence-electron chi connectivity index (χ4n) is 2.36. The summed E-state index contributed by atoms with van der Waals surface area (Å²) in [5, 5.41) is 5.17. The molecule has 0 aliphatic rings. The standard InChI is InChI=1S/C19H14F3N3O3/c20-19(21,22)16-8-7-12(10-23-16)17(26)25-15-6-2-1-5-14(15)18(27)24-11-13-4-3-9-28-13/h1-10H,11H2,(H,24,27)(H,25,26). The molecule has 28 heavy (non-hydrogen) atoms. The molecule has 0 aliphatic heterocycles. The van der Waals surface area contributed by atoms with Crippen molar-refractivity contribution in [2.24, 2.45) is 0 Å². The van der Waals surface area contributed by atoms with E-state index in [-0.39, 0.29) is 23.4 Å². The average molecular weight is 389 g/mol. The number of carbonyl (C=O) groups excluding carboxylic acids is 2. The van der Waals surface area contributed by atoms with Gasteiger partial charge in [0.1, 0.15) is 11.5 Å². The largest absolute Gasteiger partial charge is 0.467 e. The van der Waals surface area contributed by atoms with Crippen LogP contribution in [0.5, 0.6) is 0 Å². The zero-order chi connectivity index (χ0) is 20.1. The number of furan rings is 1. The van der Waals surface area contributed by atoms with Crippen LogP contribution >= 0.6 is 0 Å². The number of carbonyl (C=O) groups is 2. The van der Waals surface area contributed by atoms with Crippen LogP contribution in [0, 0.1) is 0 Å². The van der Waals surface area contributed by atoms with Crippen LogP contribution in [0.25, 0.3) is 0 Å². The smallest absolute Gasteiger partial charge is 0.433 e. The number of halogens is 3. The Bertz CT molecular complexity index is 968. The summed E-state index contributed by atoms with van der Waals surface area (Å²) in [6, 6.07) is 11.4. The van der Waals surface area contributed by atoms with Gasteiger partial charge in [0.05, 0.1) is 29.6 Å². The Morgan fingerprint density at radius 3 is 2.43 bits per heavy atom. The molecular weight excluding hydrogens is 375 g/mol. The van der Waals surface area contributed by atoms with Gasteiger partial charge in [0.25, 0.3) is 11.8 Å². The molecule has 0 bridgehead atoms. The molecule has 0 atom stereocenters. The molecule has 0 spiro atoms. The fourth-order valence-corrected chi connectivity index (χ4v) is 2.36. The molecular formula is C19H14F3N3O3. The van der Waals surface area contributed by atoms with Crippen LogP contribution in [0.2, 0.25) is 0 Å². The molecule has 6 nitrogen and oxygen atoms in total. The van der Waals surface area contributed by atoms with E-state index in [2.05, 4.69) is 15.6 Å². The zero-order valence-corrected chi connectivity index (χ0v) is 14.3. The topological polar surface area (TPSA) is 84.2 Å². The first-order valence-electron chi connectivity index (χ1n) is 8.09. The maximum Gasteiger partial charge on any atom is 0.433 e. The van der Waals surface area contributed by atoms with E-state index in [1.54, 1.807) is 24.3 Å². The molecule has 0 saturated heterocycles. The third-order valence-electron chi connectivity index (χ3n) is 3.74. The van der Waals surface area contributed by atoms with E-state index in [1.807, 2.05) is 0 Å². The summed E-state index contributed by atoms with van der Waals surface area (Å²) in [5.74, 6) is -0.573. The van der Waals surface area contributed by atoms with Crippen LogP contribution in [0.4, 0.5) is 18.9 Å². The van der Waals surface area contributed by atoms with Crippen molar-refractivity contribution in [1.29, 1.82) is 0 Å². The quantitative estimate of drug-likeness (QED) is 0.694. The Labute approximate surface area is 157 Å². The van der Waals surface area contributed by atoms with Gasteiger partial charge in [-0.25, -0.2) is 0 Å². The molecule has 0 saturated carbocycles. The number of hydrogen-bond acceptors (Lipinski definition) is 4. The predicted octanol–water partition coefficient (Wildman–Crippen LogP) is 3.88. The van der Waals surface area contributed by atoms with Gasteiger partial charge >= 0.3 is 6.18 Å². The Kier molecular flexibility index (Phi) is 5.44. The minimum atomic E-state index is -4.59. The summed E-state index contributed by atoms with van der Waals surface area (Å²) in [6.07, 6.45) is -2.28. The van der Waals surface area contributed by atoms with Crippen molar-refractivity contribution in [2.75, 3.05) is 5.32 Å². The number of para-hydroxylation sites is 1. The number of aromatic nitrogens is 1. The van der Waals surface area contributed by atoms with E-state index >= 15 is 0 Å². The third-order valence-corrected chi connectivity index (χ3v) is 3.74. The molecule has 2 N–H and O–H groups in total. The minimum Gasteiger partial charge on any atom is -0.467 e. The molecule has 2 amide bonds. The maximum atomic E-state index is 12.6. The molecule has 0 unspecified atom stereocenters. The third kappa shape index (κ3) is 4.56. The number of benzene rings is 1. The Balaban J connectivity index is 1.72. The first-order valence-corrected chi connectivity index (χ1v) is 8.09. The van der Waals surface area contributed by atoms with Crippen LogP contribution in [0.3, 0.4) is 0 Å². The molecule has 2 aromatic heterocycles. The number of pyridine rings is 1. The Morgan fingerprint density at radius 1 is 1.00 bits per heavy atom. The molecule has 0 fully saturated rings. The van der Waals surface area contributed by atoms with E-state index in [0.29, 0.717) is 5.76 Å². The lowest BCUT2D eigenvalue weighted by Crippen LogP contribution is -2.24. The highest BCUT2D eigenvalue weighted by Gasteiger charge is 2.32. The van der Waals surface area contributed by atoms with Gasteiger partial charge in [0, 0.05) is 6.20 Å². The van der Waals surface area contributed by atoms with Crippen molar-refractivity contribution < 1.29 is 27.2 Å². The van der Waals surface area contributed by atoms with Crippen molar-refractivity contribution in [3.8, 4) is 0 Å². The van der Waals surface area contributed by atoms with Gasteiger partial charge in [-0.05, 0) is 36.4 Å². The summed E-state index contributed by atoms with van der Waals surface area (Å²) >= 11 is 0. The number of rotatable bonds is 5. The number of amides is 2. The van der Waals surface area contributed by atoms with Crippen molar-refractivity contribution in [1.82, 2.24) is 10.3 Å². The van der Waals surface area contributed by atoms with E-state index in [4.69, 9.17) is 4.42 Å². The lowest BCUT2D eigenvalue weighted by atomic mass is 10.1. The number of nitrogens with one attached hydrogen (secondary N) is 2. The van der Waals surface area contributed by atoms with Crippen molar-refractivity contribution in [3.05, 3.63) is 83.6 Å². The van der Waals surface area contributed by atoms with Crippen molar-refractivity contribution in [2.45, 2.75) is 12.7 Å². The van der Waals surface area contributed by atoms with Crippen LogP contribution in [0.15, 0.2) is 65.4 Å². The highest BCUT2D eigenvalue weighted by molar-refractivity contribution is 6.08. The monoisotopic (exact) mass is 389 g/mol. The van der Waals surface area contributed by atoms with E-state index < -0.39 is 23.7 Å². The van der Waals surface area contributed by atoms with Gasteiger partial charge in [-0.3, -0.25) is 14.6 Å². The van der Waals surface area contributed by atoms with Gasteiger partial charge in [0.2, 0.25) is 0 Å². The highest BCUT2D eigenvalue weighted by atomic mass is 19.4. The fraction of sp³-hybridized carbons (Fsp3) is 0.105. The first kappa shape index (κ1) is 19.2. The number of anilines is 1. The molecule has 3 rings (SSSR count). The normalized spacial score (nSPS) is 11.1. The summed E-state index contributed by atoms with van der Waals surface area (Å²) < 4.78 is 42.8. The summed E-state index contributed by atoms with van der Waals surface area (Å²) in [6.45, 7) is 0.164. The molecule has 2 heterocycles. The van der Waals surface area contributed by atoms with Crippen LogP contribution in [0.1, 0.15) is 32.2 Å². The molecule has 1 aromatic carbocycles. The summed E-state index contributed by atoms with van der Waals surface area (Å²) in [5.41, 5.74) is -0.757. The molecule has 0 radical (unpaired) electrons. The maximum absolute atomic E-state index is 12.6. The molecule has 0 aliphatic carbocycles. The minimum absolute atomic E-state index is 0.0706. The number of alkyl halides is 3. The Morgan fingerprint density at radius 2 is 1.79 bits per heavy atom. The van der Waals surface area contributed by atoms with Crippen LogP contribution < -0.4 is 10.6 Å². The first-order chi connectivity index (χ1) is 13.3. The van der Waals surface area contributed by atoms with Gasteiger partial charge < -0.3 is 15.1 Å². The van der Waals surface area contributed by atoms with E-state index in [0.717, 1.165) is 18.3 Å². The van der Waals surface area contributed by atoms with Crippen molar-refractivity contribution in [3.63, 3.8) is 0 Å². The number of nitrogens with zero attached hydrogens (tertiary/aromatic N) is 1. The SMILES string of the molecule is O=C(Nc1ccccc1C(=O)NCc1ccco1)c1ccc(C(F)(F)F)nc1. The number of hydrogen-bond donors (Lipinski definition) is 2. The van der Waals surface area contributed by atoms with Crippen LogP contribution in [-0.2, 0) is 12.7 Å². The molecule has 9 heteroatoms. The Hall–Kier alpha value is -3.62. The lowest BCUT2D eigenvalue weighted by Gasteiger charge is -2.11. The van der Waals surface area contributed by atoms with Gasteiger partial charge in [-0.15, -0.1) is 0 Å². The van der Waals surface area contributed by atoms with E-state index in [9.17, 15) is 22.8 Å². The van der Waals surface area contributed by atoms with Gasteiger partial charge in [-0.2, -0.15) is 13.2 Å². The summed E-state index contributed by atoms with van der Waals surface area (Å²) in [7, 11) is 0. The zero-order valence-electron chi connectivity index (χ0n) is 14.3. The molecule has 3 aromatic rings.